The summed E-state index contributed by atoms with van der Waals surface area (Å²) in [6.45, 7) is 3.18. The van der Waals surface area contributed by atoms with Crippen molar-refractivity contribution in [2.24, 2.45) is 33.8 Å². The number of nitrogens with zero attached hydrogens (tertiary/aromatic N) is 3. The van der Waals surface area contributed by atoms with Crippen LogP contribution < -0.4 is 60.2 Å². The summed E-state index contributed by atoms with van der Waals surface area (Å²) in [5.41, 5.74) is 22.9. The van der Waals surface area contributed by atoms with Gasteiger partial charge in [-0.15, -0.1) is 0 Å². The number of carbonyl (C=O) groups is 11. The number of carbonyl (C=O) groups excluding carboxylic acids is 9. The van der Waals surface area contributed by atoms with Crippen LogP contribution in [0.4, 0.5) is 0 Å². The van der Waals surface area contributed by atoms with Crippen molar-refractivity contribution in [3.8, 4) is 0 Å². The van der Waals surface area contributed by atoms with Crippen molar-refractivity contribution in [1.29, 1.82) is 0 Å². The fourth-order valence-electron chi connectivity index (χ4n) is 7.95. The van der Waals surface area contributed by atoms with Crippen LogP contribution in [0.1, 0.15) is 77.0 Å². The molecule has 2 aromatic rings. The van der Waals surface area contributed by atoms with Gasteiger partial charge in [-0.1, -0.05) is 44.2 Å². The second-order valence-corrected chi connectivity index (χ2v) is 18.6. The van der Waals surface area contributed by atoms with Gasteiger partial charge in [-0.25, -0.2) is 9.78 Å². The van der Waals surface area contributed by atoms with Gasteiger partial charge in [0.1, 0.15) is 48.3 Å². The molecule has 2 heterocycles. The van der Waals surface area contributed by atoms with Crippen molar-refractivity contribution >= 4 is 71.1 Å². The molecule has 1 aromatic heterocycles. The normalized spacial score (nSPS) is 16.6. The van der Waals surface area contributed by atoms with E-state index >= 15 is 0 Å². The van der Waals surface area contributed by atoms with Crippen LogP contribution in [-0.2, 0) is 65.6 Å². The number of benzene rings is 1. The molecule has 1 fully saturated rings. The maximum atomic E-state index is 14.0. The Balaban J connectivity index is 1.80. The SMILES string of the molecule is CC(C)[C@H](NC(=O)[C@H](Cc1cnc[nH]1)NC(=O)[C@@H](NC(=O)[C@H](CC(=O)O)NC(=O)[C@H](CO)NC(=O)[C@H](CCCN=C(N)N)NC(=O)[C@@H]1CCCN1C(=O)[C@@H](N)CCC(N)=O)[C@@H](C)O)C(=O)N[C@@H](Cc1ccccc1)C(=O)O. The maximum Gasteiger partial charge on any atom is 0.326 e. The first kappa shape index (κ1) is 63.0. The van der Waals surface area contributed by atoms with E-state index in [-0.39, 0.29) is 64.0 Å². The van der Waals surface area contributed by atoms with E-state index in [1.54, 1.807) is 44.2 Å². The van der Waals surface area contributed by atoms with E-state index in [1.165, 1.54) is 17.4 Å². The minimum atomic E-state index is -2.05. The molecular formula is C47H71N15O15. The lowest BCUT2D eigenvalue weighted by atomic mass is 10.00. The zero-order chi connectivity index (χ0) is 57.5. The molecule has 1 aromatic carbocycles. The third-order valence-electron chi connectivity index (χ3n) is 12.1. The molecule has 0 unspecified atom stereocenters. The molecule has 0 saturated carbocycles. The number of aromatic nitrogens is 2. The van der Waals surface area contributed by atoms with Gasteiger partial charge in [-0.05, 0) is 50.5 Å². The van der Waals surface area contributed by atoms with Gasteiger partial charge in [-0.2, -0.15) is 0 Å². The Bertz CT molecular complexity index is 2400. The largest absolute Gasteiger partial charge is 0.481 e. The average molecular weight is 1090 g/mol. The van der Waals surface area contributed by atoms with Crippen molar-refractivity contribution in [2.75, 3.05) is 19.7 Å². The zero-order valence-electron chi connectivity index (χ0n) is 42.8. The molecule has 0 spiro atoms. The number of aliphatic imine (C=N–C) groups is 1. The summed E-state index contributed by atoms with van der Waals surface area (Å²) in [7, 11) is 0. The lowest BCUT2D eigenvalue weighted by molar-refractivity contribution is -0.143. The molecule has 1 saturated heterocycles. The molecule has 9 amide bonds. The van der Waals surface area contributed by atoms with Gasteiger partial charge >= 0.3 is 11.9 Å². The highest BCUT2D eigenvalue weighted by atomic mass is 16.4. The average Bonchev–Trinajstić information content (AvgIpc) is 4.08. The summed E-state index contributed by atoms with van der Waals surface area (Å²) in [6.07, 6.45) is -0.523. The first-order chi connectivity index (χ1) is 36.3. The topological polar surface area (TPSA) is 501 Å². The number of guanidine groups is 1. The Hall–Kier alpha value is -8.25. The Kier molecular flexibility index (Phi) is 25.3. The van der Waals surface area contributed by atoms with Crippen molar-refractivity contribution in [2.45, 2.75) is 139 Å². The van der Waals surface area contributed by atoms with Crippen LogP contribution in [0, 0.1) is 5.92 Å². The highest BCUT2D eigenvalue weighted by Gasteiger charge is 2.40. The standard InChI is InChI=1S/C47H71N15O15/c1-23(2)36(43(73)58-31(46(76)77)17-25-9-5-4-6-10-25)60-39(69)29(18-26-20-52-22-54-26)57-44(74)37(24(3)64)61-40(70)30(19-35(66)67)56-41(71)32(21-63)59-38(68)28(11-7-15-53-47(50)51)55-42(72)33-12-8-16-62(33)45(75)27(48)13-14-34(49)65/h4-6,9-10,20,22-24,27-33,36-37,63-64H,7-8,11-19,21,48H2,1-3H3,(H2,49,65)(H,52,54)(H,55,72)(H,56,71)(H,57,74)(H,58,73)(H,59,68)(H,60,69)(H,61,70)(H,66,67)(H,76,77)(H4,50,51,53)/t24-,27+,28+,29+,30+,31+,32+,33+,36+,37+/m1/s1. The second-order valence-electron chi connectivity index (χ2n) is 18.6. The lowest BCUT2D eigenvalue weighted by Gasteiger charge is -2.29. The van der Waals surface area contributed by atoms with E-state index < -0.39 is 145 Å². The zero-order valence-corrected chi connectivity index (χ0v) is 42.8. The van der Waals surface area contributed by atoms with Crippen molar-refractivity contribution in [3.05, 3.63) is 54.1 Å². The summed E-state index contributed by atoms with van der Waals surface area (Å²) >= 11 is 0. The number of aliphatic carboxylic acids is 2. The smallest absolute Gasteiger partial charge is 0.326 e. The number of carboxylic acid groups (broad SMARTS) is 2. The van der Waals surface area contributed by atoms with E-state index in [0.717, 1.165) is 6.92 Å². The van der Waals surface area contributed by atoms with Crippen LogP contribution >= 0.6 is 0 Å². The summed E-state index contributed by atoms with van der Waals surface area (Å²) in [6, 6.07) is -5.51. The third-order valence-corrected chi connectivity index (χ3v) is 12.1. The van der Waals surface area contributed by atoms with E-state index in [2.05, 4.69) is 52.2 Å². The molecule has 10 atom stereocenters. The molecule has 30 heteroatoms. The number of amides is 9. The van der Waals surface area contributed by atoms with Crippen LogP contribution in [-0.4, -0.2) is 187 Å². The predicted octanol–water partition coefficient (Wildman–Crippen LogP) is -6.19. The molecule has 3 rings (SSSR count). The molecule has 424 valence electrons. The highest BCUT2D eigenvalue weighted by molar-refractivity contribution is 5.99. The number of H-pyrrole nitrogens is 1. The molecule has 77 heavy (non-hydrogen) atoms. The van der Waals surface area contributed by atoms with Gasteiger partial charge in [-0.3, -0.25) is 52.9 Å². The summed E-state index contributed by atoms with van der Waals surface area (Å²) in [5, 5.41) is 57.1. The first-order valence-corrected chi connectivity index (χ1v) is 24.6. The van der Waals surface area contributed by atoms with Gasteiger partial charge in [0.2, 0.25) is 53.2 Å². The number of likely N-dealkylation sites (tertiary alicyclic amines) is 1. The lowest BCUT2D eigenvalue weighted by Crippen LogP contribution is -2.62. The number of aliphatic hydroxyl groups excluding tert-OH is 2. The molecule has 0 bridgehead atoms. The Labute approximate surface area is 442 Å². The van der Waals surface area contributed by atoms with Crippen molar-refractivity contribution in [3.63, 3.8) is 0 Å². The van der Waals surface area contributed by atoms with Crippen molar-refractivity contribution < 1.29 is 73.2 Å². The van der Waals surface area contributed by atoms with Crippen molar-refractivity contribution in [1.82, 2.24) is 52.1 Å². The predicted molar refractivity (Wildman–Crippen MR) is 270 cm³/mol. The molecule has 1 aliphatic heterocycles. The van der Waals surface area contributed by atoms with E-state index in [4.69, 9.17) is 22.9 Å². The van der Waals surface area contributed by atoms with Crippen LogP contribution in [0.25, 0.3) is 0 Å². The maximum absolute atomic E-state index is 14.0. The van der Waals surface area contributed by atoms with Gasteiger partial charge in [0.25, 0.3) is 0 Å². The number of nitrogens with two attached hydrogens (primary N) is 4. The second kappa shape index (κ2) is 31.0. The number of hydrogen-bond acceptors (Lipinski definition) is 16. The number of imidazole rings is 1. The monoisotopic (exact) mass is 1090 g/mol. The first-order valence-electron chi connectivity index (χ1n) is 24.6. The van der Waals surface area contributed by atoms with E-state index in [9.17, 15) is 73.2 Å². The minimum absolute atomic E-state index is 0.0199. The summed E-state index contributed by atoms with van der Waals surface area (Å²) in [5.74, 6) is -12.8. The Morgan fingerprint density at radius 3 is 1.90 bits per heavy atom. The molecule has 20 N–H and O–H groups in total. The molecular weight excluding hydrogens is 1010 g/mol. The van der Waals surface area contributed by atoms with Crippen LogP contribution in [0.2, 0.25) is 0 Å². The number of aliphatic hydroxyl groups is 2. The van der Waals surface area contributed by atoms with Gasteiger partial charge in [0.15, 0.2) is 5.96 Å². The third kappa shape index (κ3) is 20.8. The minimum Gasteiger partial charge on any atom is -0.481 e. The Morgan fingerprint density at radius 1 is 0.740 bits per heavy atom. The number of aromatic amines is 1. The molecule has 1 aliphatic rings. The fraction of sp³-hybridized carbons (Fsp3) is 0.553. The van der Waals surface area contributed by atoms with Gasteiger partial charge in [0.05, 0.1) is 31.5 Å². The molecule has 30 nitrogen and oxygen atoms in total. The van der Waals surface area contributed by atoms with Gasteiger partial charge in [0, 0.05) is 44.2 Å². The van der Waals surface area contributed by atoms with Crippen LogP contribution in [0.15, 0.2) is 47.8 Å². The molecule has 0 aliphatic carbocycles. The Morgan fingerprint density at radius 2 is 1.32 bits per heavy atom. The van der Waals surface area contributed by atoms with Crippen LogP contribution in [0.5, 0.6) is 0 Å². The number of hydrogen-bond donors (Lipinski definition) is 16. The molecule has 0 radical (unpaired) electrons. The number of nitrogens with one attached hydrogen (secondary N) is 8. The van der Waals surface area contributed by atoms with Crippen LogP contribution in [0.3, 0.4) is 0 Å². The fourth-order valence-corrected chi connectivity index (χ4v) is 7.95. The summed E-state index contributed by atoms with van der Waals surface area (Å²) in [4.78, 5) is 157. The van der Waals surface area contributed by atoms with E-state index in [1.807, 2.05) is 0 Å². The summed E-state index contributed by atoms with van der Waals surface area (Å²) < 4.78 is 0. The quantitative estimate of drug-likeness (QED) is 0.0184. The van der Waals surface area contributed by atoms with Gasteiger partial charge < -0.3 is 90.5 Å². The van der Waals surface area contributed by atoms with E-state index in [0.29, 0.717) is 17.7 Å². The highest BCUT2D eigenvalue weighted by Crippen LogP contribution is 2.20. The number of primary amides is 1. The number of rotatable bonds is 32. The number of carboxylic acids is 2.